The van der Waals surface area contributed by atoms with Gasteiger partial charge in [-0.1, -0.05) is 36.4 Å². The molecular weight excluding hydrogens is 403 g/mol. The summed E-state index contributed by atoms with van der Waals surface area (Å²) in [6.45, 7) is 2.87. The highest BCUT2D eigenvalue weighted by Gasteiger charge is 2.30. The zero-order chi connectivity index (χ0) is 22.0. The van der Waals surface area contributed by atoms with E-state index < -0.39 is 11.7 Å². The Morgan fingerprint density at radius 2 is 1.84 bits per heavy atom. The Labute approximate surface area is 178 Å². The number of hydrogen-bond acceptors (Lipinski definition) is 2. The van der Waals surface area contributed by atoms with Crippen molar-refractivity contribution in [3.8, 4) is 11.1 Å². The fourth-order valence-electron chi connectivity index (χ4n) is 3.87. The summed E-state index contributed by atoms with van der Waals surface area (Å²) in [7, 11) is 0. The van der Waals surface area contributed by atoms with Crippen molar-refractivity contribution in [1.82, 2.24) is 15.2 Å². The lowest BCUT2D eigenvalue weighted by molar-refractivity contribution is -0.137. The fraction of sp³-hybridized carbons (Fsp3) is 0.250. The minimum absolute atomic E-state index is 0.163. The Bertz CT molecular complexity index is 1070. The third-order valence-electron chi connectivity index (χ3n) is 5.55. The lowest BCUT2D eigenvalue weighted by Crippen LogP contribution is -2.43. The number of carbonyl (C=O) groups is 1. The maximum absolute atomic E-state index is 12.9. The molecule has 7 heteroatoms. The predicted molar refractivity (Wildman–Crippen MR) is 112 cm³/mol. The number of benzene rings is 2. The number of nitrogens with zero attached hydrogens (tertiary/aromatic N) is 2. The van der Waals surface area contributed by atoms with Gasteiger partial charge < -0.3 is 10.2 Å². The second-order valence-electron chi connectivity index (χ2n) is 7.62. The molecule has 0 spiro atoms. The number of fused-ring (bicyclic) bond motifs is 1. The van der Waals surface area contributed by atoms with Gasteiger partial charge in [-0.25, -0.2) is 4.79 Å². The summed E-state index contributed by atoms with van der Waals surface area (Å²) in [5.41, 5.74) is 3.86. The number of alkyl halides is 3. The number of urea groups is 1. The van der Waals surface area contributed by atoms with Crippen molar-refractivity contribution in [2.24, 2.45) is 0 Å². The number of rotatable bonds is 3. The van der Waals surface area contributed by atoms with Crippen molar-refractivity contribution in [1.29, 1.82) is 0 Å². The van der Waals surface area contributed by atoms with Crippen LogP contribution in [0.1, 0.15) is 35.3 Å². The van der Waals surface area contributed by atoms with Gasteiger partial charge in [0.2, 0.25) is 0 Å². The molecular formula is C24H22F3N3O. The summed E-state index contributed by atoms with van der Waals surface area (Å²) in [4.78, 5) is 18.8. The van der Waals surface area contributed by atoms with Gasteiger partial charge >= 0.3 is 12.2 Å². The Kier molecular flexibility index (Phi) is 5.67. The van der Waals surface area contributed by atoms with E-state index in [1.54, 1.807) is 11.1 Å². The van der Waals surface area contributed by atoms with Crippen molar-refractivity contribution in [2.45, 2.75) is 32.1 Å². The molecule has 1 N–H and O–H groups in total. The number of pyridine rings is 1. The first kappa shape index (κ1) is 20.9. The number of amides is 2. The van der Waals surface area contributed by atoms with Crippen molar-refractivity contribution in [2.75, 3.05) is 6.54 Å². The molecule has 2 amide bonds. The Hall–Kier alpha value is -3.35. The maximum atomic E-state index is 12.9. The molecule has 2 heterocycles. The number of aromatic nitrogens is 1. The minimum Gasteiger partial charge on any atom is -0.330 e. The van der Waals surface area contributed by atoms with E-state index in [0.717, 1.165) is 40.1 Å². The molecule has 4 nitrogen and oxygen atoms in total. The molecule has 31 heavy (non-hydrogen) atoms. The topological polar surface area (TPSA) is 45.2 Å². The quantitative estimate of drug-likeness (QED) is 0.594. The zero-order valence-electron chi connectivity index (χ0n) is 17.0. The van der Waals surface area contributed by atoms with E-state index in [4.69, 9.17) is 0 Å². The summed E-state index contributed by atoms with van der Waals surface area (Å²) in [6.07, 6.45) is -2.02. The average Bonchev–Trinajstić information content (AvgIpc) is 2.78. The maximum Gasteiger partial charge on any atom is 0.416 e. The van der Waals surface area contributed by atoms with E-state index in [9.17, 15) is 18.0 Å². The number of hydrogen-bond donors (Lipinski definition) is 1. The van der Waals surface area contributed by atoms with Crippen LogP contribution in [0.4, 0.5) is 18.0 Å². The first-order chi connectivity index (χ1) is 14.8. The fourth-order valence-corrected chi connectivity index (χ4v) is 3.87. The van der Waals surface area contributed by atoms with E-state index in [0.29, 0.717) is 19.5 Å². The largest absolute Gasteiger partial charge is 0.416 e. The third-order valence-corrected chi connectivity index (χ3v) is 5.55. The highest BCUT2D eigenvalue weighted by molar-refractivity contribution is 5.76. The lowest BCUT2D eigenvalue weighted by Gasteiger charge is -2.31. The molecule has 0 saturated heterocycles. The molecule has 0 aliphatic carbocycles. The van der Waals surface area contributed by atoms with Crippen molar-refractivity contribution < 1.29 is 18.0 Å². The van der Waals surface area contributed by atoms with E-state index in [1.807, 2.05) is 43.3 Å². The number of halogens is 3. The third kappa shape index (κ3) is 4.55. The van der Waals surface area contributed by atoms with Crippen molar-refractivity contribution >= 4 is 6.03 Å². The smallest absolute Gasteiger partial charge is 0.330 e. The van der Waals surface area contributed by atoms with Gasteiger partial charge in [0.15, 0.2) is 0 Å². The first-order valence-corrected chi connectivity index (χ1v) is 10.1. The molecule has 3 aromatic rings. The molecule has 1 aromatic heterocycles. The Morgan fingerprint density at radius 1 is 1.06 bits per heavy atom. The highest BCUT2D eigenvalue weighted by atomic mass is 19.4. The molecule has 1 unspecified atom stereocenters. The average molecular weight is 425 g/mol. The van der Waals surface area contributed by atoms with Crippen LogP contribution in [0.25, 0.3) is 11.1 Å². The van der Waals surface area contributed by atoms with Crippen molar-refractivity contribution in [3.05, 3.63) is 89.2 Å². The standard InChI is InChI=1S/C24H22F3N3O/c1-16(22-7-2-3-13-28-22)29-23(31)30-14-12-21-18(15-30)5-4-6-20(21)17-8-10-19(11-9-17)24(25,26)27/h2-11,13,16H,12,14-15H2,1H3,(H,29,31). The Balaban J connectivity index is 1.50. The van der Waals surface area contributed by atoms with Gasteiger partial charge in [0.25, 0.3) is 0 Å². The first-order valence-electron chi connectivity index (χ1n) is 10.1. The van der Waals surface area contributed by atoms with Gasteiger partial charge in [0.05, 0.1) is 17.3 Å². The molecule has 0 radical (unpaired) electrons. The van der Waals surface area contributed by atoms with Crippen LogP contribution in [0, 0.1) is 0 Å². The van der Waals surface area contributed by atoms with Crippen LogP contribution in [0.2, 0.25) is 0 Å². The summed E-state index contributed by atoms with van der Waals surface area (Å²) >= 11 is 0. The molecule has 0 bridgehead atoms. The van der Waals surface area contributed by atoms with Gasteiger partial charge in [-0.05, 0) is 59.9 Å². The monoisotopic (exact) mass is 425 g/mol. The van der Waals surface area contributed by atoms with Crippen LogP contribution in [0.5, 0.6) is 0 Å². The minimum atomic E-state index is -4.35. The predicted octanol–water partition coefficient (Wildman–Crippen LogP) is 5.60. The molecule has 160 valence electrons. The summed E-state index contributed by atoms with van der Waals surface area (Å²) in [5.74, 6) is 0. The van der Waals surface area contributed by atoms with E-state index >= 15 is 0 Å². The number of carbonyl (C=O) groups excluding carboxylic acids is 1. The van der Waals surface area contributed by atoms with Crippen LogP contribution in [-0.4, -0.2) is 22.5 Å². The Morgan fingerprint density at radius 3 is 2.52 bits per heavy atom. The highest BCUT2D eigenvalue weighted by Crippen LogP contribution is 2.34. The van der Waals surface area contributed by atoms with Crippen molar-refractivity contribution in [3.63, 3.8) is 0 Å². The number of nitrogens with one attached hydrogen (secondary N) is 1. The van der Waals surface area contributed by atoms with Crippen LogP contribution < -0.4 is 5.32 Å². The van der Waals surface area contributed by atoms with Gasteiger partial charge in [-0.15, -0.1) is 0 Å². The van der Waals surface area contributed by atoms with Gasteiger partial charge in [-0.2, -0.15) is 13.2 Å². The molecule has 1 aliphatic rings. The molecule has 2 aromatic carbocycles. The summed E-state index contributed by atoms with van der Waals surface area (Å²) in [5, 5.41) is 2.98. The second-order valence-corrected chi connectivity index (χ2v) is 7.62. The molecule has 1 aliphatic heterocycles. The molecule has 0 saturated carbocycles. The van der Waals surface area contributed by atoms with E-state index in [1.165, 1.54) is 12.1 Å². The van der Waals surface area contributed by atoms with Crippen LogP contribution >= 0.6 is 0 Å². The van der Waals surface area contributed by atoms with Gasteiger partial charge in [-0.3, -0.25) is 4.98 Å². The molecule has 1 atom stereocenters. The van der Waals surface area contributed by atoms with E-state index in [-0.39, 0.29) is 12.1 Å². The molecule has 4 rings (SSSR count). The van der Waals surface area contributed by atoms with Gasteiger partial charge in [0.1, 0.15) is 0 Å². The summed E-state index contributed by atoms with van der Waals surface area (Å²) < 4.78 is 38.6. The van der Waals surface area contributed by atoms with Crippen LogP contribution in [-0.2, 0) is 19.1 Å². The normalized spacial score (nSPS) is 14.6. The van der Waals surface area contributed by atoms with E-state index in [2.05, 4.69) is 10.3 Å². The van der Waals surface area contributed by atoms with Gasteiger partial charge in [0, 0.05) is 19.3 Å². The zero-order valence-corrected chi connectivity index (χ0v) is 17.0. The van der Waals surface area contributed by atoms with Crippen LogP contribution in [0.15, 0.2) is 66.9 Å². The SMILES string of the molecule is CC(NC(=O)N1CCc2c(cccc2-c2ccc(C(F)(F)F)cc2)C1)c1ccccn1. The molecule has 0 fully saturated rings. The van der Waals surface area contributed by atoms with Crippen LogP contribution in [0.3, 0.4) is 0 Å². The summed E-state index contributed by atoms with van der Waals surface area (Å²) in [6, 6.07) is 16.2. The lowest BCUT2D eigenvalue weighted by atomic mass is 9.90. The second kappa shape index (κ2) is 8.41.